The summed E-state index contributed by atoms with van der Waals surface area (Å²) in [5.41, 5.74) is 1.97. The summed E-state index contributed by atoms with van der Waals surface area (Å²) in [6.45, 7) is 4.05. The number of aromatic nitrogens is 1. The average molecular weight is 367 g/mol. The van der Waals surface area contributed by atoms with Crippen molar-refractivity contribution < 1.29 is 13.2 Å². The molecule has 1 unspecified atom stereocenters. The van der Waals surface area contributed by atoms with E-state index in [4.69, 9.17) is 9.72 Å². The summed E-state index contributed by atoms with van der Waals surface area (Å²) in [6.07, 6.45) is 0. The van der Waals surface area contributed by atoms with Gasteiger partial charge in [0.2, 0.25) is 0 Å². The van der Waals surface area contributed by atoms with Gasteiger partial charge in [-0.2, -0.15) is 0 Å². The van der Waals surface area contributed by atoms with Crippen LogP contribution in [0.1, 0.15) is 12.6 Å². The Bertz CT molecular complexity index is 802. The molecule has 2 aromatic rings. The molecule has 1 aromatic heterocycles. The highest BCUT2D eigenvalue weighted by molar-refractivity contribution is 7.91. The molecule has 1 atom stereocenters. The maximum atomic E-state index is 11.9. The van der Waals surface area contributed by atoms with E-state index in [0.29, 0.717) is 13.1 Å². The molecule has 1 fully saturated rings. The van der Waals surface area contributed by atoms with Gasteiger partial charge in [0.15, 0.2) is 9.84 Å². The average Bonchev–Trinajstić information content (AvgIpc) is 2.95. The molecule has 3 rings (SSSR count). The molecule has 1 saturated heterocycles. The number of rotatable bonds is 4. The van der Waals surface area contributed by atoms with Gasteiger partial charge in [-0.3, -0.25) is 4.90 Å². The quantitative estimate of drug-likeness (QED) is 0.833. The molecule has 0 aliphatic carbocycles. The molecule has 0 N–H and O–H groups in total. The lowest BCUT2D eigenvalue weighted by atomic mass is 10.2. The summed E-state index contributed by atoms with van der Waals surface area (Å²) in [4.78, 5) is 6.91. The fourth-order valence-electron chi connectivity index (χ4n) is 3.07. The minimum Gasteiger partial charge on any atom is -0.496 e. The van der Waals surface area contributed by atoms with Crippen LogP contribution in [0.5, 0.6) is 5.75 Å². The zero-order valence-corrected chi connectivity index (χ0v) is 15.6. The maximum Gasteiger partial charge on any atom is 0.151 e. The van der Waals surface area contributed by atoms with Gasteiger partial charge in [-0.1, -0.05) is 19.1 Å². The van der Waals surface area contributed by atoms with E-state index < -0.39 is 9.84 Å². The highest BCUT2D eigenvalue weighted by Crippen LogP contribution is 2.32. The number of methoxy groups -OCH3 is 1. The van der Waals surface area contributed by atoms with Crippen molar-refractivity contribution in [1.29, 1.82) is 0 Å². The second-order valence-corrected chi connectivity index (χ2v) is 9.39. The molecule has 0 spiro atoms. The number of para-hydroxylation sites is 1. The summed E-state index contributed by atoms with van der Waals surface area (Å²) >= 11 is 1.59. The number of benzene rings is 1. The van der Waals surface area contributed by atoms with E-state index in [1.54, 1.807) is 18.4 Å². The van der Waals surface area contributed by atoms with Gasteiger partial charge < -0.3 is 4.74 Å². The van der Waals surface area contributed by atoms with Crippen molar-refractivity contribution in [1.82, 2.24) is 9.88 Å². The summed E-state index contributed by atoms with van der Waals surface area (Å²) in [5.74, 6) is 1.49. The van der Waals surface area contributed by atoms with Crippen LogP contribution in [-0.4, -0.2) is 50.0 Å². The van der Waals surface area contributed by atoms with Crippen molar-refractivity contribution in [2.45, 2.75) is 13.5 Å². The first kappa shape index (κ1) is 17.4. The zero-order valence-electron chi connectivity index (χ0n) is 13.9. The topological polar surface area (TPSA) is 59.5 Å². The molecule has 0 radical (unpaired) electrons. The Morgan fingerprint density at radius 1 is 1.38 bits per heavy atom. The van der Waals surface area contributed by atoms with Gasteiger partial charge in [-0.15, -0.1) is 11.3 Å². The normalized spacial score (nSPS) is 21.3. The zero-order chi connectivity index (χ0) is 17.2. The summed E-state index contributed by atoms with van der Waals surface area (Å²) in [5, 5.41) is 2.98. The second kappa shape index (κ2) is 7.21. The van der Waals surface area contributed by atoms with Gasteiger partial charge >= 0.3 is 0 Å². The number of ether oxygens (including phenoxy) is 1. The Morgan fingerprint density at radius 2 is 2.17 bits per heavy atom. The van der Waals surface area contributed by atoms with Crippen LogP contribution in [0.2, 0.25) is 0 Å². The molecule has 2 heterocycles. The number of nitrogens with zero attached hydrogens (tertiary/aromatic N) is 2. The molecule has 7 heteroatoms. The first-order chi connectivity index (χ1) is 11.5. The lowest BCUT2D eigenvalue weighted by molar-refractivity contribution is 0.254. The van der Waals surface area contributed by atoms with Crippen molar-refractivity contribution in [2.75, 3.05) is 31.7 Å². The molecule has 0 amide bonds. The van der Waals surface area contributed by atoms with Crippen LogP contribution < -0.4 is 4.74 Å². The second-order valence-electron chi connectivity index (χ2n) is 6.30. The lowest BCUT2D eigenvalue weighted by Gasteiger charge is -2.20. The molecule has 0 bridgehead atoms. The molecule has 24 heavy (non-hydrogen) atoms. The number of thiazole rings is 1. The molecule has 0 saturated carbocycles. The van der Waals surface area contributed by atoms with Crippen molar-refractivity contribution in [3.05, 3.63) is 35.3 Å². The highest BCUT2D eigenvalue weighted by atomic mass is 32.2. The maximum absolute atomic E-state index is 11.9. The molecule has 130 valence electrons. The predicted molar refractivity (Wildman–Crippen MR) is 97.2 cm³/mol. The Labute approximate surface area is 147 Å². The summed E-state index contributed by atoms with van der Waals surface area (Å²) < 4.78 is 29.2. The third kappa shape index (κ3) is 4.15. The third-order valence-corrected chi connectivity index (χ3v) is 6.91. The van der Waals surface area contributed by atoms with Crippen LogP contribution in [0.3, 0.4) is 0 Å². The predicted octanol–water partition coefficient (Wildman–Crippen LogP) is 2.69. The van der Waals surface area contributed by atoms with Crippen molar-refractivity contribution >= 4 is 21.2 Å². The van der Waals surface area contributed by atoms with E-state index in [2.05, 4.69) is 4.90 Å². The van der Waals surface area contributed by atoms with Crippen LogP contribution in [0, 0.1) is 5.92 Å². The van der Waals surface area contributed by atoms with Crippen LogP contribution in [0.25, 0.3) is 10.6 Å². The first-order valence-electron chi connectivity index (χ1n) is 7.97. The Kier molecular flexibility index (Phi) is 5.22. The van der Waals surface area contributed by atoms with Gasteiger partial charge in [0, 0.05) is 25.0 Å². The van der Waals surface area contributed by atoms with Crippen LogP contribution in [-0.2, 0) is 16.4 Å². The first-order valence-corrected chi connectivity index (χ1v) is 10.7. The summed E-state index contributed by atoms with van der Waals surface area (Å²) in [6, 6.07) is 7.84. The van der Waals surface area contributed by atoms with E-state index in [9.17, 15) is 8.42 Å². The van der Waals surface area contributed by atoms with E-state index >= 15 is 0 Å². The highest BCUT2D eigenvalue weighted by Gasteiger charge is 2.24. The summed E-state index contributed by atoms with van der Waals surface area (Å²) in [7, 11) is -1.26. The Morgan fingerprint density at radius 3 is 2.96 bits per heavy atom. The van der Waals surface area contributed by atoms with Gasteiger partial charge in [0.1, 0.15) is 10.8 Å². The lowest BCUT2D eigenvalue weighted by Crippen LogP contribution is -2.28. The standard InChI is InChI=1S/C17H22N2O3S2/c1-13-9-19(7-8-24(20,21)12-13)10-14-11-23-17(18-14)15-5-3-4-6-16(15)22-2/h3-6,11,13H,7-10,12H2,1-2H3. The van der Waals surface area contributed by atoms with Crippen molar-refractivity contribution in [2.24, 2.45) is 5.92 Å². The van der Waals surface area contributed by atoms with Crippen LogP contribution in [0.4, 0.5) is 0 Å². The van der Waals surface area contributed by atoms with Crippen LogP contribution >= 0.6 is 11.3 Å². The van der Waals surface area contributed by atoms with E-state index in [0.717, 1.165) is 28.6 Å². The third-order valence-electron chi connectivity index (χ3n) is 4.10. The van der Waals surface area contributed by atoms with Crippen molar-refractivity contribution in [3.8, 4) is 16.3 Å². The molecular formula is C17H22N2O3S2. The Balaban J connectivity index is 1.74. The van der Waals surface area contributed by atoms with Gasteiger partial charge in [-0.25, -0.2) is 13.4 Å². The van der Waals surface area contributed by atoms with Gasteiger partial charge in [-0.05, 0) is 18.1 Å². The minimum absolute atomic E-state index is 0.157. The molecule has 1 aromatic carbocycles. The van der Waals surface area contributed by atoms with E-state index in [1.165, 1.54) is 0 Å². The number of hydrogen-bond acceptors (Lipinski definition) is 6. The smallest absolute Gasteiger partial charge is 0.151 e. The van der Waals surface area contributed by atoms with Gasteiger partial charge in [0.25, 0.3) is 0 Å². The van der Waals surface area contributed by atoms with Gasteiger partial charge in [0.05, 0.1) is 29.9 Å². The molecule has 1 aliphatic rings. The molecule has 1 aliphatic heterocycles. The van der Waals surface area contributed by atoms with E-state index in [1.807, 2.05) is 36.6 Å². The number of hydrogen-bond donors (Lipinski definition) is 0. The fraction of sp³-hybridized carbons (Fsp3) is 0.471. The molecule has 5 nitrogen and oxygen atoms in total. The Hall–Kier alpha value is -1.44. The minimum atomic E-state index is -2.92. The largest absolute Gasteiger partial charge is 0.496 e. The molecular weight excluding hydrogens is 344 g/mol. The van der Waals surface area contributed by atoms with E-state index in [-0.39, 0.29) is 17.4 Å². The number of sulfone groups is 1. The fourth-order valence-corrected chi connectivity index (χ4v) is 5.58. The van der Waals surface area contributed by atoms with Crippen LogP contribution in [0.15, 0.2) is 29.6 Å². The van der Waals surface area contributed by atoms with Crippen molar-refractivity contribution in [3.63, 3.8) is 0 Å². The monoisotopic (exact) mass is 366 g/mol. The SMILES string of the molecule is COc1ccccc1-c1nc(CN2CCS(=O)(=O)CC(C)C2)cs1.